The maximum atomic E-state index is 13.6. The number of hydrogen-bond donors (Lipinski definition) is 0. The molecule has 6 nitrogen and oxygen atoms in total. The van der Waals surface area contributed by atoms with Crippen LogP contribution in [0.3, 0.4) is 0 Å². The van der Waals surface area contributed by atoms with Crippen molar-refractivity contribution in [1.29, 1.82) is 0 Å². The smallest absolute Gasteiger partial charge is 0.253 e. The average Bonchev–Trinajstić information content (AvgIpc) is 3.36. The molecule has 2 aromatic carbocycles. The molecule has 176 valence electrons. The lowest BCUT2D eigenvalue weighted by Gasteiger charge is -2.36. The highest BCUT2D eigenvalue weighted by Gasteiger charge is 2.33. The lowest BCUT2D eigenvalue weighted by atomic mass is 9.95. The van der Waals surface area contributed by atoms with Crippen molar-refractivity contribution in [2.24, 2.45) is 5.92 Å². The van der Waals surface area contributed by atoms with Crippen molar-refractivity contribution in [3.63, 3.8) is 0 Å². The number of likely N-dealkylation sites (tertiary alicyclic amines) is 1. The van der Waals surface area contributed by atoms with Crippen molar-refractivity contribution in [2.45, 2.75) is 38.3 Å². The van der Waals surface area contributed by atoms with E-state index in [4.69, 9.17) is 9.47 Å². The molecule has 0 N–H and O–H groups in total. The molecule has 0 radical (unpaired) electrons. The summed E-state index contributed by atoms with van der Waals surface area (Å²) in [6, 6.07) is 13.3. The number of amides is 2. The van der Waals surface area contributed by atoms with Crippen molar-refractivity contribution in [3.8, 4) is 5.75 Å². The minimum absolute atomic E-state index is 0.0418. The Hall–Kier alpha value is -2.93. The number of halogens is 1. The molecule has 2 saturated heterocycles. The molecule has 0 saturated carbocycles. The summed E-state index contributed by atoms with van der Waals surface area (Å²) in [5.41, 5.74) is 1.44. The number of piperidine rings is 1. The number of carbonyl (C=O) groups is 2. The van der Waals surface area contributed by atoms with E-state index in [1.807, 2.05) is 29.2 Å². The Morgan fingerprint density at radius 1 is 1.15 bits per heavy atom. The molecule has 0 aromatic heterocycles. The summed E-state index contributed by atoms with van der Waals surface area (Å²) in [5, 5.41) is 0. The van der Waals surface area contributed by atoms with Crippen LogP contribution in [0.25, 0.3) is 0 Å². The molecule has 0 spiro atoms. The molecule has 33 heavy (non-hydrogen) atoms. The second-order valence-corrected chi connectivity index (χ2v) is 8.80. The molecular weight excluding hydrogens is 423 g/mol. The molecule has 2 heterocycles. The van der Waals surface area contributed by atoms with Gasteiger partial charge in [0.15, 0.2) is 0 Å². The van der Waals surface area contributed by atoms with Gasteiger partial charge in [0, 0.05) is 38.3 Å². The Bertz CT molecular complexity index is 959. The Balaban J connectivity index is 1.47. The molecule has 4 rings (SSSR count). The SMILES string of the molecule is COc1cccc(CN(CC2CCCO2)C(=O)C2CCCN(C(=O)c3ccc(F)cc3)C2)c1. The Labute approximate surface area is 194 Å². The third-order valence-corrected chi connectivity index (χ3v) is 6.42. The summed E-state index contributed by atoms with van der Waals surface area (Å²) in [6.45, 7) is 2.71. The summed E-state index contributed by atoms with van der Waals surface area (Å²) >= 11 is 0. The van der Waals surface area contributed by atoms with Crippen molar-refractivity contribution >= 4 is 11.8 Å². The Kier molecular flexibility index (Phi) is 7.60. The van der Waals surface area contributed by atoms with E-state index in [1.165, 1.54) is 24.3 Å². The van der Waals surface area contributed by atoms with Gasteiger partial charge in [0.2, 0.25) is 5.91 Å². The van der Waals surface area contributed by atoms with Crippen LogP contribution in [0.15, 0.2) is 48.5 Å². The van der Waals surface area contributed by atoms with Crippen LogP contribution < -0.4 is 4.74 Å². The molecule has 2 amide bonds. The second kappa shape index (κ2) is 10.8. The van der Waals surface area contributed by atoms with Gasteiger partial charge in [-0.25, -0.2) is 4.39 Å². The van der Waals surface area contributed by atoms with E-state index >= 15 is 0 Å². The molecule has 2 aliphatic heterocycles. The van der Waals surface area contributed by atoms with E-state index in [1.54, 1.807) is 12.0 Å². The monoisotopic (exact) mass is 454 g/mol. The second-order valence-electron chi connectivity index (χ2n) is 8.80. The van der Waals surface area contributed by atoms with Crippen LogP contribution in [-0.4, -0.2) is 61.1 Å². The summed E-state index contributed by atoms with van der Waals surface area (Å²) in [5.74, 6) is -0.00243. The minimum atomic E-state index is -0.374. The standard InChI is InChI=1S/C26H31FN2O4/c1-32-23-7-2-5-19(15-23)16-29(18-24-8-4-14-33-24)26(31)21-6-3-13-28(17-21)25(30)20-9-11-22(27)12-10-20/h2,5,7,9-12,15,21,24H,3-4,6,8,13-14,16-18H2,1H3. The van der Waals surface area contributed by atoms with Crippen LogP contribution >= 0.6 is 0 Å². The van der Waals surface area contributed by atoms with Gasteiger partial charge in [0.1, 0.15) is 11.6 Å². The Morgan fingerprint density at radius 2 is 1.97 bits per heavy atom. The number of benzene rings is 2. The van der Waals surface area contributed by atoms with Gasteiger partial charge in [-0.15, -0.1) is 0 Å². The number of hydrogen-bond acceptors (Lipinski definition) is 4. The van der Waals surface area contributed by atoms with E-state index in [0.717, 1.165) is 43.6 Å². The van der Waals surface area contributed by atoms with E-state index in [-0.39, 0.29) is 29.7 Å². The maximum absolute atomic E-state index is 13.6. The summed E-state index contributed by atoms with van der Waals surface area (Å²) in [7, 11) is 1.63. The molecule has 0 bridgehead atoms. The number of carbonyl (C=O) groups excluding carboxylic acids is 2. The van der Waals surface area contributed by atoms with Gasteiger partial charge in [0.05, 0.1) is 19.1 Å². The normalized spacial score (nSPS) is 20.5. The average molecular weight is 455 g/mol. The summed E-state index contributed by atoms with van der Waals surface area (Å²) in [4.78, 5) is 30.2. The lowest BCUT2D eigenvalue weighted by molar-refractivity contribution is -0.139. The number of methoxy groups -OCH3 is 1. The highest BCUT2D eigenvalue weighted by atomic mass is 19.1. The minimum Gasteiger partial charge on any atom is -0.497 e. The molecule has 7 heteroatoms. The van der Waals surface area contributed by atoms with Gasteiger partial charge < -0.3 is 19.3 Å². The van der Waals surface area contributed by atoms with Gasteiger partial charge in [-0.3, -0.25) is 9.59 Å². The van der Waals surface area contributed by atoms with Crippen LogP contribution in [0, 0.1) is 11.7 Å². The molecule has 2 unspecified atom stereocenters. The summed E-state index contributed by atoms with van der Waals surface area (Å²) in [6.07, 6.45) is 3.50. The fraction of sp³-hybridized carbons (Fsp3) is 0.462. The van der Waals surface area contributed by atoms with E-state index in [9.17, 15) is 14.0 Å². The zero-order valence-electron chi connectivity index (χ0n) is 19.0. The third-order valence-electron chi connectivity index (χ3n) is 6.42. The largest absolute Gasteiger partial charge is 0.497 e. The van der Waals surface area contributed by atoms with Crippen LogP contribution in [0.4, 0.5) is 4.39 Å². The van der Waals surface area contributed by atoms with Gasteiger partial charge in [-0.05, 0) is 67.6 Å². The van der Waals surface area contributed by atoms with Crippen molar-refractivity contribution in [3.05, 3.63) is 65.5 Å². The molecule has 2 aromatic rings. The number of nitrogens with zero attached hydrogens (tertiary/aromatic N) is 2. The van der Waals surface area contributed by atoms with Gasteiger partial charge in [-0.2, -0.15) is 0 Å². The fourth-order valence-electron chi connectivity index (χ4n) is 4.65. The van der Waals surface area contributed by atoms with Crippen LogP contribution in [0.2, 0.25) is 0 Å². The van der Waals surface area contributed by atoms with Gasteiger partial charge >= 0.3 is 0 Å². The first-order chi connectivity index (χ1) is 16.0. The first kappa shape index (κ1) is 23.2. The highest BCUT2D eigenvalue weighted by Crippen LogP contribution is 2.24. The predicted molar refractivity (Wildman–Crippen MR) is 122 cm³/mol. The Morgan fingerprint density at radius 3 is 2.70 bits per heavy atom. The molecule has 2 fully saturated rings. The van der Waals surface area contributed by atoms with Gasteiger partial charge in [-0.1, -0.05) is 12.1 Å². The topological polar surface area (TPSA) is 59.1 Å². The molecule has 0 aliphatic carbocycles. The van der Waals surface area contributed by atoms with Crippen molar-refractivity contribution in [1.82, 2.24) is 9.80 Å². The highest BCUT2D eigenvalue weighted by molar-refractivity contribution is 5.94. The quantitative estimate of drug-likeness (QED) is 0.637. The van der Waals surface area contributed by atoms with Crippen LogP contribution in [0.1, 0.15) is 41.6 Å². The molecular formula is C26H31FN2O4. The molecule has 2 atom stereocenters. The zero-order valence-corrected chi connectivity index (χ0v) is 19.0. The predicted octanol–water partition coefficient (Wildman–Crippen LogP) is 3.89. The fourth-order valence-corrected chi connectivity index (χ4v) is 4.65. The maximum Gasteiger partial charge on any atom is 0.253 e. The number of ether oxygens (including phenoxy) is 2. The first-order valence-electron chi connectivity index (χ1n) is 11.6. The zero-order chi connectivity index (χ0) is 23.2. The molecule has 2 aliphatic rings. The third kappa shape index (κ3) is 5.90. The van der Waals surface area contributed by atoms with Gasteiger partial charge in [0.25, 0.3) is 5.91 Å². The van der Waals surface area contributed by atoms with E-state index in [2.05, 4.69) is 0 Å². The van der Waals surface area contributed by atoms with E-state index < -0.39 is 0 Å². The van der Waals surface area contributed by atoms with Crippen LogP contribution in [-0.2, 0) is 16.1 Å². The van der Waals surface area contributed by atoms with Crippen molar-refractivity contribution < 1.29 is 23.5 Å². The van der Waals surface area contributed by atoms with Crippen LogP contribution in [0.5, 0.6) is 5.75 Å². The lowest BCUT2D eigenvalue weighted by Crippen LogP contribution is -2.48. The van der Waals surface area contributed by atoms with Crippen molar-refractivity contribution in [2.75, 3.05) is 33.4 Å². The van der Waals surface area contributed by atoms with E-state index in [0.29, 0.717) is 31.7 Å². The summed E-state index contributed by atoms with van der Waals surface area (Å²) < 4.78 is 24.4. The first-order valence-corrected chi connectivity index (χ1v) is 11.6. The number of rotatable bonds is 7.